The molecule has 0 aliphatic rings. The molecular weight excluding hydrogens is 275 g/mol. The predicted molar refractivity (Wildman–Crippen MR) is 77.9 cm³/mol. The molecule has 2 rings (SSSR count). The van der Waals surface area contributed by atoms with Crippen LogP contribution in [-0.4, -0.2) is 0 Å². The Morgan fingerprint density at radius 2 is 1.76 bits per heavy atom. The summed E-state index contributed by atoms with van der Waals surface area (Å²) in [5, 5.41) is 0. The predicted octanol–water partition coefficient (Wildman–Crippen LogP) is 4.65. The molecule has 21 heavy (non-hydrogen) atoms. The van der Waals surface area contributed by atoms with Crippen LogP contribution < -0.4 is 5.73 Å². The molecule has 0 spiro atoms. The summed E-state index contributed by atoms with van der Waals surface area (Å²) in [4.78, 5) is 0. The van der Waals surface area contributed by atoms with E-state index in [1.807, 2.05) is 31.2 Å². The van der Waals surface area contributed by atoms with E-state index in [-0.39, 0.29) is 5.56 Å². The fourth-order valence-corrected chi connectivity index (χ4v) is 2.42. The molecule has 2 aromatic carbocycles. The Morgan fingerprint density at radius 1 is 1.05 bits per heavy atom. The zero-order valence-corrected chi connectivity index (χ0v) is 11.8. The van der Waals surface area contributed by atoms with Crippen LogP contribution >= 0.6 is 0 Å². The molecule has 2 aromatic rings. The van der Waals surface area contributed by atoms with Crippen LogP contribution in [0.3, 0.4) is 0 Å². The Balaban J connectivity index is 2.12. The number of hydrogen-bond donors (Lipinski definition) is 1. The summed E-state index contributed by atoms with van der Waals surface area (Å²) in [6.07, 6.45) is -3.22. The van der Waals surface area contributed by atoms with E-state index in [1.165, 1.54) is 12.1 Å². The molecule has 4 heteroatoms. The lowest BCUT2D eigenvalue weighted by molar-refractivity contribution is -0.138. The van der Waals surface area contributed by atoms with Gasteiger partial charge in [0.2, 0.25) is 0 Å². The summed E-state index contributed by atoms with van der Waals surface area (Å²) in [6, 6.07) is 12.8. The Hall–Kier alpha value is -1.81. The molecule has 0 fully saturated rings. The lowest BCUT2D eigenvalue weighted by Crippen LogP contribution is -2.18. The van der Waals surface area contributed by atoms with Gasteiger partial charge in [0, 0.05) is 6.04 Å². The van der Waals surface area contributed by atoms with Crippen molar-refractivity contribution in [2.75, 3.05) is 0 Å². The molecule has 0 aliphatic heterocycles. The van der Waals surface area contributed by atoms with Crippen LogP contribution in [0.1, 0.15) is 34.7 Å². The van der Waals surface area contributed by atoms with E-state index in [4.69, 9.17) is 5.73 Å². The second-order valence-corrected chi connectivity index (χ2v) is 5.22. The molecule has 0 heterocycles. The van der Waals surface area contributed by atoms with Crippen LogP contribution in [0.25, 0.3) is 0 Å². The quantitative estimate of drug-likeness (QED) is 0.872. The third-order valence-electron chi connectivity index (χ3n) is 3.49. The van der Waals surface area contributed by atoms with Crippen molar-refractivity contribution in [3.63, 3.8) is 0 Å². The average Bonchev–Trinajstić information content (AvgIpc) is 2.44. The first kappa shape index (κ1) is 15.6. The minimum absolute atomic E-state index is 0.164. The van der Waals surface area contributed by atoms with Crippen LogP contribution in [0.15, 0.2) is 48.5 Å². The van der Waals surface area contributed by atoms with Crippen LogP contribution in [0, 0.1) is 6.92 Å². The SMILES string of the molecule is Cc1cccc(CCC(N)c2ccccc2C(F)(F)F)c1. The summed E-state index contributed by atoms with van der Waals surface area (Å²) in [7, 11) is 0. The molecule has 0 radical (unpaired) electrons. The number of nitrogens with two attached hydrogens (primary N) is 1. The highest BCUT2D eigenvalue weighted by molar-refractivity contribution is 5.32. The van der Waals surface area contributed by atoms with Crippen molar-refractivity contribution in [1.82, 2.24) is 0 Å². The van der Waals surface area contributed by atoms with Gasteiger partial charge in [0.25, 0.3) is 0 Å². The van der Waals surface area contributed by atoms with Crippen molar-refractivity contribution in [2.24, 2.45) is 5.73 Å². The van der Waals surface area contributed by atoms with Crippen LogP contribution in [0.5, 0.6) is 0 Å². The van der Waals surface area contributed by atoms with E-state index >= 15 is 0 Å². The molecule has 0 amide bonds. The van der Waals surface area contributed by atoms with Crippen molar-refractivity contribution >= 4 is 0 Å². The molecule has 1 unspecified atom stereocenters. The van der Waals surface area contributed by atoms with Gasteiger partial charge < -0.3 is 5.73 Å². The van der Waals surface area contributed by atoms with Crippen LogP contribution in [0.4, 0.5) is 13.2 Å². The zero-order valence-electron chi connectivity index (χ0n) is 11.8. The van der Waals surface area contributed by atoms with Crippen molar-refractivity contribution in [2.45, 2.75) is 32.0 Å². The maximum absolute atomic E-state index is 13.0. The first-order valence-electron chi connectivity index (χ1n) is 6.85. The number of hydrogen-bond acceptors (Lipinski definition) is 1. The minimum Gasteiger partial charge on any atom is -0.324 e. The number of benzene rings is 2. The lowest BCUT2D eigenvalue weighted by Gasteiger charge is -2.18. The third kappa shape index (κ3) is 4.08. The van der Waals surface area contributed by atoms with Crippen molar-refractivity contribution in [3.05, 3.63) is 70.8 Å². The lowest BCUT2D eigenvalue weighted by atomic mass is 9.95. The number of rotatable bonds is 4. The zero-order chi connectivity index (χ0) is 15.5. The molecule has 112 valence electrons. The molecule has 0 aliphatic carbocycles. The van der Waals surface area contributed by atoms with E-state index in [9.17, 15) is 13.2 Å². The van der Waals surface area contributed by atoms with E-state index in [1.54, 1.807) is 6.07 Å². The van der Waals surface area contributed by atoms with E-state index in [0.29, 0.717) is 12.8 Å². The fraction of sp³-hybridized carbons (Fsp3) is 0.294. The smallest absolute Gasteiger partial charge is 0.324 e. The maximum atomic E-state index is 13.0. The maximum Gasteiger partial charge on any atom is 0.416 e. The van der Waals surface area contributed by atoms with Crippen LogP contribution in [0.2, 0.25) is 0 Å². The Labute approximate surface area is 122 Å². The molecule has 1 atom stereocenters. The van der Waals surface area contributed by atoms with E-state index in [0.717, 1.165) is 17.2 Å². The monoisotopic (exact) mass is 293 g/mol. The molecule has 2 N–H and O–H groups in total. The summed E-state index contributed by atoms with van der Waals surface area (Å²) < 4.78 is 38.9. The van der Waals surface area contributed by atoms with Gasteiger partial charge in [0.1, 0.15) is 0 Å². The van der Waals surface area contributed by atoms with Gasteiger partial charge in [-0.2, -0.15) is 13.2 Å². The van der Waals surface area contributed by atoms with Gasteiger partial charge in [-0.25, -0.2) is 0 Å². The Bertz CT molecular complexity index is 605. The number of aryl methyl sites for hydroxylation is 2. The van der Waals surface area contributed by atoms with Gasteiger partial charge in [-0.1, -0.05) is 48.0 Å². The topological polar surface area (TPSA) is 26.0 Å². The minimum atomic E-state index is -4.36. The Kier molecular flexibility index (Phi) is 4.68. The second-order valence-electron chi connectivity index (χ2n) is 5.22. The normalized spacial score (nSPS) is 13.2. The highest BCUT2D eigenvalue weighted by Gasteiger charge is 2.34. The summed E-state index contributed by atoms with van der Waals surface area (Å²) in [5.41, 5.74) is 7.73. The van der Waals surface area contributed by atoms with Gasteiger partial charge >= 0.3 is 6.18 Å². The standard InChI is InChI=1S/C17H18F3N/c1-12-5-4-6-13(11-12)9-10-16(21)14-7-2-3-8-15(14)17(18,19)20/h2-8,11,16H,9-10,21H2,1H3. The number of alkyl halides is 3. The second kappa shape index (κ2) is 6.31. The van der Waals surface area contributed by atoms with Gasteiger partial charge in [-0.15, -0.1) is 0 Å². The summed E-state index contributed by atoms with van der Waals surface area (Å²) in [5.74, 6) is 0. The highest BCUT2D eigenvalue weighted by atomic mass is 19.4. The van der Waals surface area contributed by atoms with Crippen molar-refractivity contribution in [1.29, 1.82) is 0 Å². The van der Waals surface area contributed by atoms with Gasteiger partial charge in [0.15, 0.2) is 0 Å². The number of halogens is 3. The molecular formula is C17H18F3N. The Morgan fingerprint density at radius 3 is 2.43 bits per heavy atom. The summed E-state index contributed by atoms with van der Waals surface area (Å²) >= 11 is 0. The third-order valence-corrected chi connectivity index (χ3v) is 3.49. The molecule has 0 bridgehead atoms. The summed E-state index contributed by atoms with van der Waals surface area (Å²) in [6.45, 7) is 1.99. The first-order chi connectivity index (χ1) is 9.88. The van der Waals surface area contributed by atoms with Crippen molar-refractivity contribution in [3.8, 4) is 0 Å². The molecule has 0 saturated heterocycles. The van der Waals surface area contributed by atoms with E-state index < -0.39 is 17.8 Å². The largest absolute Gasteiger partial charge is 0.416 e. The van der Waals surface area contributed by atoms with Gasteiger partial charge in [-0.05, 0) is 37.0 Å². The van der Waals surface area contributed by atoms with E-state index in [2.05, 4.69) is 0 Å². The molecule has 1 nitrogen and oxygen atoms in total. The van der Waals surface area contributed by atoms with Crippen LogP contribution in [-0.2, 0) is 12.6 Å². The molecule has 0 aromatic heterocycles. The molecule has 0 saturated carbocycles. The average molecular weight is 293 g/mol. The van der Waals surface area contributed by atoms with Crippen molar-refractivity contribution < 1.29 is 13.2 Å². The first-order valence-corrected chi connectivity index (χ1v) is 6.85. The van der Waals surface area contributed by atoms with Gasteiger partial charge in [-0.3, -0.25) is 0 Å². The highest BCUT2D eigenvalue weighted by Crippen LogP contribution is 2.34. The fourth-order valence-electron chi connectivity index (χ4n) is 2.42. The van der Waals surface area contributed by atoms with Gasteiger partial charge in [0.05, 0.1) is 5.56 Å².